The van der Waals surface area contributed by atoms with E-state index >= 15 is 0 Å². The van der Waals surface area contributed by atoms with Crippen LogP contribution in [0.25, 0.3) is 0 Å². The fourth-order valence-electron chi connectivity index (χ4n) is 2.58. The van der Waals surface area contributed by atoms with Crippen molar-refractivity contribution in [1.82, 2.24) is 4.90 Å². The molecule has 0 aliphatic carbocycles. The monoisotopic (exact) mass is 359 g/mol. The van der Waals surface area contributed by atoms with Crippen LogP contribution in [0.2, 0.25) is 0 Å². The van der Waals surface area contributed by atoms with Gasteiger partial charge in [-0.2, -0.15) is 0 Å². The van der Waals surface area contributed by atoms with Gasteiger partial charge in [-0.15, -0.1) is 11.6 Å². The summed E-state index contributed by atoms with van der Waals surface area (Å²) >= 11 is 6.59. The van der Waals surface area contributed by atoms with Gasteiger partial charge < -0.3 is 4.74 Å². The van der Waals surface area contributed by atoms with Crippen LogP contribution in [0.3, 0.4) is 0 Å². The van der Waals surface area contributed by atoms with Crippen LogP contribution in [0.15, 0.2) is 60.7 Å². The van der Waals surface area contributed by atoms with Gasteiger partial charge in [-0.25, -0.2) is 0 Å². The number of halogens is 1. The van der Waals surface area contributed by atoms with Gasteiger partial charge in [0, 0.05) is 13.1 Å². The first-order valence-corrected chi connectivity index (χ1v) is 8.94. The lowest BCUT2D eigenvalue weighted by atomic mass is 10.1. The SMILES string of the molecule is CC(C)(C)OC(=O)CN(Cc1ccccc1)C[C@H](Cl)c1ccccc1. The first kappa shape index (κ1) is 19.5. The number of alkyl halides is 1. The third kappa shape index (κ3) is 7.29. The van der Waals surface area contributed by atoms with Crippen LogP contribution in [0.4, 0.5) is 0 Å². The molecule has 3 nitrogen and oxygen atoms in total. The fourth-order valence-corrected chi connectivity index (χ4v) is 2.92. The van der Waals surface area contributed by atoms with E-state index in [2.05, 4.69) is 0 Å². The second-order valence-electron chi connectivity index (χ2n) is 7.12. The number of nitrogens with zero attached hydrogens (tertiary/aromatic N) is 1. The third-order valence-corrected chi connectivity index (χ3v) is 3.99. The van der Waals surface area contributed by atoms with Crippen LogP contribution in [0, 0.1) is 0 Å². The van der Waals surface area contributed by atoms with E-state index in [1.165, 1.54) is 0 Å². The molecule has 2 aromatic carbocycles. The van der Waals surface area contributed by atoms with Gasteiger partial charge >= 0.3 is 5.97 Å². The topological polar surface area (TPSA) is 29.5 Å². The molecule has 0 bridgehead atoms. The maximum atomic E-state index is 12.3. The molecule has 0 amide bonds. The van der Waals surface area contributed by atoms with E-state index in [9.17, 15) is 4.79 Å². The molecule has 134 valence electrons. The minimum absolute atomic E-state index is 0.188. The van der Waals surface area contributed by atoms with E-state index in [0.717, 1.165) is 11.1 Å². The van der Waals surface area contributed by atoms with Gasteiger partial charge in [0.15, 0.2) is 0 Å². The third-order valence-electron chi connectivity index (χ3n) is 3.60. The van der Waals surface area contributed by atoms with Gasteiger partial charge in [-0.1, -0.05) is 60.7 Å². The Bertz CT molecular complexity index is 653. The molecule has 2 aromatic rings. The van der Waals surface area contributed by atoms with E-state index in [1.54, 1.807) is 0 Å². The van der Waals surface area contributed by atoms with E-state index in [1.807, 2.05) is 86.3 Å². The van der Waals surface area contributed by atoms with Crippen molar-refractivity contribution in [3.63, 3.8) is 0 Å². The summed E-state index contributed by atoms with van der Waals surface area (Å²) in [5, 5.41) is -0.188. The molecular weight excluding hydrogens is 334 g/mol. The zero-order valence-electron chi connectivity index (χ0n) is 15.1. The predicted molar refractivity (Wildman–Crippen MR) is 103 cm³/mol. The number of carbonyl (C=O) groups excluding carboxylic acids is 1. The second kappa shape index (κ2) is 9.02. The minimum Gasteiger partial charge on any atom is -0.459 e. The van der Waals surface area contributed by atoms with Crippen molar-refractivity contribution in [2.24, 2.45) is 0 Å². The van der Waals surface area contributed by atoms with Crippen LogP contribution in [-0.2, 0) is 16.1 Å². The van der Waals surface area contributed by atoms with Crippen molar-refractivity contribution in [2.75, 3.05) is 13.1 Å². The number of carbonyl (C=O) groups is 1. The van der Waals surface area contributed by atoms with Crippen molar-refractivity contribution in [1.29, 1.82) is 0 Å². The summed E-state index contributed by atoms with van der Waals surface area (Å²) in [7, 11) is 0. The summed E-state index contributed by atoms with van der Waals surface area (Å²) in [6, 6.07) is 20.0. The molecule has 0 aliphatic rings. The van der Waals surface area contributed by atoms with Crippen molar-refractivity contribution < 1.29 is 9.53 Å². The molecule has 2 rings (SSSR count). The van der Waals surface area contributed by atoms with Crippen molar-refractivity contribution in [2.45, 2.75) is 38.3 Å². The van der Waals surface area contributed by atoms with Crippen LogP contribution in [0.5, 0.6) is 0 Å². The predicted octanol–water partition coefficient (Wildman–Crippen LogP) is 4.81. The fraction of sp³-hybridized carbons (Fsp3) is 0.381. The summed E-state index contributed by atoms with van der Waals surface area (Å²) in [6.45, 7) is 7.06. The summed E-state index contributed by atoms with van der Waals surface area (Å²) < 4.78 is 5.47. The summed E-state index contributed by atoms with van der Waals surface area (Å²) in [5.41, 5.74) is 1.70. The number of hydrogen-bond acceptors (Lipinski definition) is 3. The summed E-state index contributed by atoms with van der Waals surface area (Å²) in [5.74, 6) is -0.236. The molecule has 0 N–H and O–H groups in total. The number of rotatable bonds is 7. The van der Waals surface area contributed by atoms with Gasteiger partial charge in [0.05, 0.1) is 11.9 Å². The molecule has 0 aromatic heterocycles. The Balaban J connectivity index is 2.07. The Morgan fingerprint density at radius 3 is 2.16 bits per heavy atom. The van der Waals surface area contributed by atoms with Gasteiger partial charge in [0.25, 0.3) is 0 Å². The van der Waals surface area contributed by atoms with Gasteiger partial charge in [0.2, 0.25) is 0 Å². The Kier molecular flexibility index (Phi) is 7.03. The molecule has 1 atom stereocenters. The van der Waals surface area contributed by atoms with Gasteiger partial charge in [0.1, 0.15) is 5.60 Å². The first-order chi connectivity index (χ1) is 11.8. The zero-order chi connectivity index (χ0) is 18.3. The standard InChI is InChI=1S/C21H26ClNO2/c1-21(2,3)25-20(24)16-23(14-17-10-6-4-7-11-17)15-19(22)18-12-8-5-9-13-18/h4-13,19H,14-16H2,1-3H3/t19-/m0/s1. The number of esters is 1. The van der Waals surface area contributed by atoms with E-state index in [-0.39, 0.29) is 17.9 Å². The Labute approximate surface area is 155 Å². The average Bonchev–Trinajstić information content (AvgIpc) is 2.54. The lowest BCUT2D eigenvalue weighted by Gasteiger charge is -2.26. The maximum absolute atomic E-state index is 12.3. The van der Waals surface area contributed by atoms with E-state index in [4.69, 9.17) is 16.3 Å². The highest BCUT2D eigenvalue weighted by Gasteiger charge is 2.21. The van der Waals surface area contributed by atoms with Crippen LogP contribution < -0.4 is 0 Å². The molecule has 4 heteroatoms. The van der Waals surface area contributed by atoms with E-state index < -0.39 is 5.60 Å². The summed E-state index contributed by atoms with van der Waals surface area (Å²) in [6.07, 6.45) is 0. The molecule has 0 saturated carbocycles. The van der Waals surface area contributed by atoms with Crippen LogP contribution >= 0.6 is 11.6 Å². The lowest BCUT2D eigenvalue weighted by Crippen LogP contribution is -2.36. The zero-order valence-corrected chi connectivity index (χ0v) is 15.9. The molecule has 0 fully saturated rings. The molecule has 0 aliphatic heterocycles. The van der Waals surface area contributed by atoms with Gasteiger partial charge in [-0.3, -0.25) is 9.69 Å². The second-order valence-corrected chi connectivity index (χ2v) is 7.65. The highest BCUT2D eigenvalue weighted by molar-refractivity contribution is 6.21. The van der Waals surface area contributed by atoms with Crippen LogP contribution in [0.1, 0.15) is 37.3 Å². The molecule has 0 spiro atoms. The molecule has 0 unspecified atom stereocenters. The lowest BCUT2D eigenvalue weighted by molar-refractivity contribution is -0.156. The van der Waals surface area contributed by atoms with E-state index in [0.29, 0.717) is 13.1 Å². The Morgan fingerprint density at radius 2 is 1.60 bits per heavy atom. The van der Waals surface area contributed by atoms with Crippen molar-refractivity contribution >= 4 is 17.6 Å². The Hall–Kier alpha value is -1.84. The average molecular weight is 360 g/mol. The van der Waals surface area contributed by atoms with Gasteiger partial charge in [-0.05, 0) is 31.9 Å². The molecule has 0 heterocycles. The quantitative estimate of drug-likeness (QED) is 0.524. The number of hydrogen-bond donors (Lipinski definition) is 0. The van der Waals surface area contributed by atoms with Crippen LogP contribution in [-0.4, -0.2) is 29.6 Å². The largest absolute Gasteiger partial charge is 0.459 e. The number of benzene rings is 2. The van der Waals surface area contributed by atoms with Crippen molar-refractivity contribution in [3.05, 3.63) is 71.8 Å². The molecule has 0 saturated heterocycles. The highest BCUT2D eigenvalue weighted by Crippen LogP contribution is 2.22. The maximum Gasteiger partial charge on any atom is 0.320 e. The molecule has 0 radical (unpaired) electrons. The first-order valence-electron chi connectivity index (χ1n) is 8.50. The normalized spacial score (nSPS) is 12.8. The smallest absolute Gasteiger partial charge is 0.320 e. The highest BCUT2D eigenvalue weighted by atomic mass is 35.5. The minimum atomic E-state index is -0.491. The summed E-state index contributed by atoms with van der Waals surface area (Å²) in [4.78, 5) is 14.3. The molecular formula is C21H26ClNO2. The molecule has 25 heavy (non-hydrogen) atoms. The van der Waals surface area contributed by atoms with Crippen molar-refractivity contribution in [3.8, 4) is 0 Å². The number of ether oxygens (including phenoxy) is 1. The Morgan fingerprint density at radius 1 is 1.04 bits per heavy atom.